The van der Waals surface area contributed by atoms with Gasteiger partial charge in [0.1, 0.15) is 11.4 Å². The minimum absolute atomic E-state index is 0.000215. The zero-order chi connectivity index (χ0) is 33.3. The third-order valence-corrected chi connectivity index (χ3v) is 9.94. The lowest BCUT2D eigenvalue weighted by atomic mass is 9.67. The van der Waals surface area contributed by atoms with Crippen molar-refractivity contribution in [3.63, 3.8) is 0 Å². The standard InChI is InChI=1S/C33H39ClF3N7O2/c1-5-7-26(20-8-10-21(11-9-20)29(45)38-19-27-40-42-43-41-27)44-30(46)28(22-16-24(33(35,36)37)18-25(34)17-22)39-32(44)14-12-23(13-15-32)31(3,4)6-2/h8-11,16-18,23,26H,5-7,12-15,19H2,1-4H3,(H,38,45)(H,40,41,42,43)/t23?,26-,32?/m1/s1. The van der Waals surface area contributed by atoms with Gasteiger partial charge in [0, 0.05) is 16.1 Å². The van der Waals surface area contributed by atoms with Crippen molar-refractivity contribution < 1.29 is 22.8 Å². The van der Waals surface area contributed by atoms with Crippen molar-refractivity contribution in [3.05, 3.63) is 75.6 Å². The fraction of sp³-hybridized carbons (Fsp3) is 0.515. The molecule has 0 saturated heterocycles. The fourth-order valence-electron chi connectivity index (χ4n) is 6.72. The number of rotatable bonds is 10. The van der Waals surface area contributed by atoms with Crippen molar-refractivity contribution in [1.29, 1.82) is 0 Å². The van der Waals surface area contributed by atoms with Gasteiger partial charge in [-0.05, 0) is 79.3 Å². The van der Waals surface area contributed by atoms with Gasteiger partial charge in [-0.2, -0.15) is 18.4 Å². The van der Waals surface area contributed by atoms with E-state index in [9.17, 15) is 22.8 Å². The molecule has 3 aromatic rings. The Kier molecular flexibility index (Phi) is 9.58. The number of carbonyl (C=O) groups excluding carboxylic acids is 2. The number of amides is 2. The Hall–Kier alpha value is -3.80. The van der Waals surface area contributed by atoms with Crippen LogP contribution in [0, 0.1) is 11.3 Å². The van der Waals surface area contributed by atoms with E-state index in [1.165, 1.54) is 6.07 Å². The summed E-state index contributed by atoms with van der Waals surface area (Å²) in [4.78, 5) is 34.1. The van der Waals surface area contributed by atoms with E-state index in [0.717, 1.165) is 43.4 Å². The second-order valence-corrected chi connectivity index (χ2v) is 13.3. The minimum atomic E-state index is -4.63. The van der Waals surface area contributed by atoms with Gasteiger partial charge in [-0.3, -0.25) is 14.6 Å². The highest BCUT2D eigenvalue weighted by atomic mass is 35.5. The van der Waals surface area contributed by atoms with E-state index in [2.05, 4.69) is 46.7 Å². The summed E-state index contributed by atoms with van der Waals surface area (Å²) in [5.74, 6) is 0.0444. The highest BCUT2D eigenvalue weighted by molar-refractivity contribution is 6.47. The number of nitrogens with one attached hydrogen (secondary N) is 2. The Bertz CT molecular complexity index is 1580. The minimum Gasteiger partial charge on any atom is -0.345 e. The van der Waals surface area contributed by atoms with Gasteiger partial charge in [-0.1, -0.05) is 69.5 Å². The largest absolute Gasteiger partial charge is 0.416 e. The lowest BCUT2D eigenvalue weighted by Crippen LogP contribution is -2.51. The zero-order valence-electron chi connectivity index (χ0n) is 26.4. The first-order valence-electron chi connectivity index (χ1n) is 15.7. The molecule has 1 atom stereocenters. The van der Waals surface area contributed by atoms with Crippen LogP contribution in [0.2, 0.25) is 5.02 Å². The van der Waals surface area contributed by atoms with Crippen LogP contribution in [0.25, 0.3) is 0 Å². The molecule has 2 aromatic carbocycles. The smallest absolute Gasteiger partial charge is 0.345 e. The van der Waals surface area contributed by atoms with Crippen LogP contribution >= 0.6 is 11.6 Å². The second-order valence-electron chi connectivity index (χ2n) is 12.9. The molecule has 1 spiro atoms. The molecule has 1 aromatic heterocycles. The maximum Gasteiger partial charge on any atom is 0.416 e. The van der Waals surface area contributed by atoms with E-state index in [1.807, 2.05) is 19.1 Å². The first-order valence-corrected chi connectivity index (χ1v) is 16.1. The van der Waals surface area contributed by atoms with Crippen LogP contribution in [0.15, 0.2) is 47.5 Å². The first kappa shape index (κ1) is 33.6. The summed E-state index contributed by atoms with van der Waals surface area (Å²) in [5, 5.41) is 16.1. The molecular formula is C33H39ClF3N7O2. The molecule has 1 aliphatic carbocycles. The van der Waals surface area contributed by atoms with Gasteiger partial charge in [-0.25, -0.2) is 0 Å². The molecule has 246 valence electrons. The maximum atomic E-state index is 14.4. The Morgan fingerprint density at radius 3 is 2.41 bits per heavy atom. The van der Waals surface area contributed by atoms with Crippen LogP contribution in [0.5, 0.6) is 0 Å². The average molecular weight is 658 g/mol. The molecule has 0 unspecified atom stereocenters. The number of aromatic nitrogens is 4. The van der Waals surface area contributed by atoms with E-state index in [-0.39, 0.29) is 34.2 Å². The number of aromatic amines is 1. The summed E-state index contributed by atoms with van der Waals surface area (Å²) in [6.07, 6.45) is 0.595. The van der Waals surface area contributed by atoms with Crippen LogP contribution in [0.3, 0.4) is 0 Å². The topological polar surface area (TPSA) is 116 Å². The molecular weight excluding hydrogens is 619 g/mol. The lowest BCUT2D eigenvalue weighted by molar-refractivity contribution is -0.137. The van der Waals surface area contributed by atoms with Crippen molar-refractivity contribution in [2.24, 2.45) is 16.3 Å². The number of halogens is 4. The summed E-state index contributed by atoms with van der Waals surface area (Å²) >= 11 is 6.16. The lowest BCUT2D eigenvalue weighted by Gasteiger charge is -2.48. The number of aliphatic imine (C=N–C) groups is 1. The predicted octanol–water partition coefficient (Wildman–Crippen LogP) is 7.30. The number of hydrogen-bond acceptors (Lipinski definition) is 6. The van der Waals surface area contributed by atoms with Crippen LogP contribution in [-0.2, 0) is 17.5 Å². The number of H-pyrrole nitrogens is 1. The Balaban J connectivity index is 1.50. The second kappa shape index (κ2) is 13.1. The Morgan fingerprint density at radius 1 is 1.13 bits per heavy atom. The molecule has 0 radical (unpaired) electrons. The molecule has 9 nitrogen and oxygen atoms in total. The molecule has 46 heavy (non-hydrogen) atoms. The predicted molar refractivity (Wildman–Crippen MR) is 168 cm³/mol. The number of hydrogen-bond donors (Lipinski definition) is 2. The zero-order valence-corrected chi connectivity index (χ0v) is 27.2. The summed E-state index contributed by atoms with van der Waals surface area (Å²) in [7, 11) is 0. The fourth-order valence-corrected chi connectivity index (χ4v) is 6.95. The van der Waals surface area contributed by atoms with Gasteiger partial charge >= 0.3 is 6.18 Å². The van der Waals surface area contributed by atoms with E-state index in [1.54, 1.807) is 17.0 Å². The number of alkyl halides is 3. The molecule has 1 saturated carbocycles. The molecule has 1 fully saturated rings. The monoisotopic (exact) mass is 657 g/mol. The van der Waals surface area contributed by atoms with Crippen molar-refractivity contribution in [2.45, 2.75) is 97.1 Å². The highest BCUT2D eigenvalue weighted by Gasteiger charge is 2.53. The van der Waals surface area contributed by atoms with E-state index >= 15 is 0 Å². The summed E-state index contributed by atoms with van der Waals surface area (Å²) in [5.41, 5.74) is -0.426. The molecule has 2 aliphatic rings. The number of benzene rings is 2. The molecule has 1 aliphatic heterocycles. The summed E-state index contributed by atoms with van der Waals surface area (Å²) < 4.78 is 41.3. The number of tetrazole rings is 1. The third-order valence-electron chi connectivity index (χ3n) is 9.72. The van der Waals surface area contributed by atoms with E-state index in [0.29, 0.717) is 36.6 Å². The van der Waals surface area contributed by atoms with Gasteiger partial charge < -0.3 is 10.2 Å². The molecule has 2 heterocycles. The van der Waals surface area contributed by atoms with Crippen molar-refractivity contribution >= 4 is 29.1 Å². The maximum absolute atomic E-state index is 14.4. The van der Waals surface area contributed by atoms with Gasteiger partial charge in [0.15, 0.2) is 5.82 Å². The van der Waals surface area contributed by atoms with Crippen molar-refractivity contribution in [1.82, 2.24) is 30.8 Å². The van der Waals surface area contributed by atoms with Crippen LogP contribution in [-0.4, -0.2) is 48.7 Å². The summed E-state index contributed by atoms with van der Waals surface area (Å²) in [6, 6.07) is 9.85. The number of nitrogens with zero attached hydrogens (tertiary/aromatic N) is 5. The summed E-state index contributed by atoms with van der Waals surface area (Å²) in [6.45, 7) is 8.82. The molecule has 0 bridgehead atoms. The van der Waals surface area contributed by atoms with Crippen LogP contribution < -0.4 is 5.32 Å². The van der Waals surface area contributed by atoms with Gasteiger partial charge in [0.2, 0.25) is 0 Å². The highest BCUT2D eigenvalue weighted by Crippen LogP contribution is 2.51. The van der Waals surface area contributed by atoms with Gasteiger partial charge in [0.25, 0.3) is 11.8 Å². The SMILES string of the molecule is CCC[C@H](c1ccc(C(=O)NCc2nn[nH]n2)cc1)N1C(=O)C(c2cc(Cl)cc(C(F)(F)F)c2)=NC12CCC(C(C)(C)CC)CC2. The van der Waals surface area contributed by atoms with Crippen molar-refractivity contribution in [2.75, 3.05) is 0 Å². The molecule has 13 heteroatoms. The Labute approximate surface area is 271 Å². The first-order chi connectivity index (χ1) is 21.8. The van der Waals surface area contributed by atoms with E-state index in [4.69, 9.17) is 16.6 Å². The molecule has 5 rings (SSSR count). The Morgan fingerprint density at radius 2 is 1.83 bits per heavy atom. The van der Waals surface area contributed by atoms with Crippen LogP contribution in [0.4, 0.5) is 13.2 Å². The van der Waals surface area contributed by atoms with Gasteiger partial charge in [0.05, 0.1) is 18.2 Å². The van der Waals surface area contributed by atoms with Gasteiger partial charge in [-0.15, -0.1) is 10.2 Å². The normalized spacial score (nSPS) is 21.0. The van der Waals surface area contributed by atoms with Crippen LogP contribution in [0.1, 0.15) is 112 Å². The number of carbonyl (C=O) groups is 2. The quantitative estimate of drug-likeness (QED) is 0.237. The molecule has 2 N–H and O–H groups in total. The van der Waals surface area contributed by atoms with Crippen molar-refractivity contribution in [3.8, 4) is 0 Å². The average Bonchev–Trinajstić information content (AvgIpc) is 3.64. The van der Waals surface area contributed by atoms with E-state index < -0.39 is 29.4 Å². The third kappa shape index (κ3) is 6.82. The molecule has 2 amide bonds.